The molecule has 0 aliphatic rings. The highest BCUT2D eigenvalue weighted by molar-refractivity contribution is 7.47. The van der Waals surface area contributed by atoms with Gasteiger partial charge in [-0.15, -0.1) is 0 Å². The lowest BCUT2D eigenvalue weighted by molar-refractivity contribution is -0.154. The van der Waals surface area contributed by atoms with Crippen LogP contribution >= 0.6 is 7.82 Å². The molecule has 320 valence electrons. The van der Waals surface area contributed by atoms with Crippen molar-refractivity contribution in [3.8, 4) is 0 Å². The molecule has 3 N–H and O–H groups in total. The van der Waals surface area contributed by atoms with Crippen LogP contribution in [0.4, 0.5) is 0 Å². The number of hydrogen-bond donors (Lipinski definition) is 3. The van der Waals surface area contributed by atoms with Crippen molar-refractivity contribution in [3.63, 3.8) is 0 Å². The summed E-state index contributed by atoms with van der Waals surface area (Å²) in [5, 5.41) is 18.3. The summed E-state index contributed by atoms with van der Waals surface area (Å²) in [6.07, 6.45) is 47.5. The molecule has 0 amide bonds. The first-order valence-electron chi connectivity index (χ1n) is 21.8. The maximum absolute atomic E-state index is 12.6. The van der Waals surface area contributed by atoms with E-state index in [1.807, 2.05) is 0 Å². The van der Waals surface area contributed by atoms with Gasteiger partial charge >= 0.3 is 13.8 Å². The molecule has 0 radical (unpaired) electrons. The number of carbonyl (C=O) groups is 1. The number of aliphatic hydroxyl groups is 2. The summed E-state index contributed by atoms with van der Waals surface area (Å²) < 4.78 is 33.3. The van der Waals surface area contributed by atoms with Gasteiger partial charge < -0.3 is 24.6 Å². The van der Waals surface area contributed by atoms with Gasteiger partial charge in [0.25, 0.3) is 0 Å². The molecule has 0 heterocycles. The highest BCUT2D eigenvalue weighted by Gasteiger charge is 2.26. The third-order valence-corrected chi connectivity index (χ3v) is 9.87. The third kappa shape index (κ3) is 41.6. The van der Waals surface area contributed by atoms with Gasteiger partial charge in [0.1, 0.15) is 12.2 Å². The highest BCUT2D eigenvalue weighted by atomic mass is 31.2. The van der Waals surface area contributed by atoms with E-state index in [2.05, 4.69) is 74.6 Å². The van der Waals surface area contributed by atoms with E-state index in [1.165, 1.54) is 64.2 Å². The molecular weight excluding hydrogens is 715 g/mol. The fourth-order valence-electron chi connectivity index (χ4n) is 5.64. The van der Waals surface area contributed by atoms with Crippen molar-refractivity contribution in [3.05, 3.63) is 60.8 Å². The summed E-state index contributed by atoms with van der Waals surface area (Å²) in [5.41, 5.74) is 0. The number of aliphatic hydroxyl groups excluding tert-OH is 2. The van der Waals surface area contributed by atoms with Gasteiger partial charge in [-0.2, -0.15) is 0 Å². The van der Waals surface area contributed by atoms with E-state index in [0.717, 1.165) is 89.9 Å². The lowest BCUT2D eigenvalue weighted by Crippen LogP contribution is -2.29. The van der Waals surface area contributed by atoms with E-state index >= 15 is 0 Å². The molecule has 0 aromatic heterocycles. The summed E-state index contributed by atoms with van der Waals surface area (Å²) >= 11 is 0. The molecule has 0 aliphatic carbocycles. The van der Waals surface area contributed by atoms with Crippen LogP contribution in [0.1, 0.15) is 174 Å². The Morgan fingerprint density at radius 3 is 1.58 bits per heavy atom. The molecule has 0 saturated heterocycles. The van der Waals surface area contributed by atoms with E-state index in [-0.39, 0.29) is 19.6 Å². The number of phosphoric acid groups is 1. The lowest BCUT2D eigenvalue weighted by atomic mass is 10.0. The summed E-state index contributed by atoms with van der Waals surface area (Å²) in [6, 6.07) is 0. The molecule has 55 heavy (non-hydrogen) atoms. The smallest absolute Gasteiger partial charge is 0.457 e. The zero-order chi connectivity index (χ0) is 40.3. The maximum atomic E-state index is 12.6. The van der Waals surface area contributed by atoms with Gasteiger partial charge in [0.05, 0.1) is 26.4 Å². The van der Waals surface area contributed by atoms with E-state index in [1.54, 1.807) is 0 Å². The lowest BCUT2D eigenvalue weighted by Gasteiger charge is -2.20. The number of hydrogen-bond acceptors (Lipinski definition) is 8. The average molecular weight is 797 g/mol. The van der Waals surface area contributed by atoms with Gasteiger partial charge in [0, 0.05) is 13.0 Å². The predicted molar refractivity (Wildman–Crippen MR) is 228 cm³/mol. The van der Waals surface area contributed by atoms with Crippen LogP contribution in [0.15, 0.2) is 60.8 Å². The average Bonchev–Trinajstić information content (AvgIpc) is 3.18. The van der Waals surface area contributed by atoms with E-state index in [0.29, 0.717) is 6.61 Å². The minimum atomic E-state index is -4.52. The van der Waals surface area contributed by atoms with E-state index < -0.39 is 39.2 Å². The Balaban J connectivity index is 4.10. The van der Waals surface area contributed by atoms with Gasteiger partial charge in [-0.1, -0.05) is 158 Å². The van der Waals surface area contributed by atoms with Gasteiger partial charge in [-0.05, 0) is 70.6 Å². The number of unbranched alkanes of at least 4 members (excludes halogenated alkanes) is 17. The number of rotatable bonds is 41. The van der Waals surface area contributed by atoms with Crippen LogP contribution in [-0.4, -0.2) is 66.3 Å². The second-order valence-corrected chi connectivity index (χ2v) is 15.8. The molecule has 0 aromatic carbocycles. The first-order chi connectivity index (χ1) is 26.8. The quantitative estimate of drug-likeness (QED) is 0.0239. The Morgan fingerprint density at radius 1 is 0.582 bits per heavy atom. The highest BCUT2D eigenvalue weighted by Crippen LogP contribution is 2.43. The summed E-state index contributed by atoms with van der Waals surface area (Å²) in [4.78, 5) is 22.6. The Labute approximate surface area is 336 Å². The second kappa shape index (κ2) is 41.8. The fraction of sp³-hybridized carbons (Fsp3) is 0.756. The number of ether oxygens (including phenoxy) is 2. The minimum absolute atomic E-state index is 0.0412. The number of allylic oxidation sites excluding steroid dienone is 10. The van der Waals surface area contributed by atoms with Crippen molar-refractivity contribution < 1.29 is 43.0 Å². The molecule has 0 rings (SSSR count). The molecule has 9 nitrogen and oxygen atoms in total. The molecule has 0 bridgehead atoms. The van der Waals surface area contributed by atoms with Crippen LogP contribution in [0, 0.1) is 0 Å². The van der Waals surface area contributed by atoms with Crippen LogP contribution in [-0.2, 0) is 27.9 Å². The maximum Gasteiger partial charge on any atom is 0.472 e. The molecular formula is C45H81O9P. The minimum Gasteiger partial charge on any atom is -0.457 e. The third-order valence-electron chi connectivity index (χ3n) is 8.92. The van der Waals surface area contributed by atoms with Crippen molar-refractivity contribution in [1.82, 2.24) is 0 Å². The number of esters is 1. The van der Waals surface area contributed by atoms with Crippen LogP contribution in [0.25, 0.3) is 0 Å². The molecule has 0 aliphatic heterocycles. The molecule has 0 saturated carbocycles. The van der Waals surface area contributed by atoms with Crippen molar-refractivity contribution in [2.45, 2.75) is 187 Å². The van der Waals surface area contributed by atoms with Crippen molar-refractivity contribution in [2.75, 3.05) is 33.0 Å². The molecule has 0 aromatic rings. The standard InChI is InChI=1S/C45H81O9P/c1-3-5-7-9-11-13-15-16-17-18-19-20-21-22-23-24-25-26-27-29-31-33-35-37-45(48)54-44(42-53-55(49,50)52-40-43(47)39-46)41-51-38-36-34-32-30-28-14-12-10-8-6-4-2/h5,7-8,10-11,13,16-17,19-20,43-44,46-47H,3-4,6,9,12,14-15,18,21-42H2,1-2H3,(H,49,50)/b7-5-,10-8-,13-11-,17-16-,20-19-. The van der Waals surface area contributed by atoms with E-state index in [4.69, 9.17) is 23.6 Å². The van der Waals surface area contributed by atoms with Crippen molar-refractivity contribution >= 4 is 13.8 Å². The second-order valence-electron chi connectivity index (χ2n) is 14.3. The summed E-state index contributed by atoms with van der Waals surface area (Å²) in [6.45, 7) is 3.32. The molecule has 0 fully saturated rings. The summed E-state index contributed by atoms with van der Waals surface area (Å²) in [5.74, 6) is -0.392. The Bertz CT molecular complexity index is 1040. The zero-order valence-corrected chi connectivity index (χ0v) is 35.8. The van der Waals surface area contributed by atoms with Crippen LogP contribution < -0.4 is 0 Å². The Hall–Kier alpha value is -1.84. The van der Waals surface area contributed by atoms with Crippen LogP contribution in [0.2, 0.25) is 0 Å². The molecule has 0 spiro atoms. The van der Waals surface area contributed by atoms with Gasteiger partial charge in [-0.25, -0.2) is 4.57 Å². The monoisotopic (exact) mass is 797 g/mol. The topological polar surface area (TPSA) is 132 Å². The van der Waals surface area contributed by atoms with Gasteiger partial charge in [0.15, 0.2) is 0 Å². The predicted octanol–water partition coefficient (Wildman–Crippen LogP) is 12.0. The first kappa shape index (κ1) is 53.2. The van der Waals surface area contributed by atoms with E-state index in [9.17, 15) is 19.4 Å². The fourth-order valence-corrected chi connectivity index (χ4v) is 6.43. The zero-order valence-electron chi connectivity index (χ0n) is 34.9. The van der Waals surface area contributed by atoms with Crippen LogP contribution in [0.5, 0.6) is 0 Å². The van der Waals surface area contributed by atoms with Crippen LogP contribution in [0.3, 0.4) is 0 Å². The van der Waals surface area contributed by atoms with Crippen molar-refractivity contribution in [2.24, 2.45) is 0 Å². The number of phosphoric ester groups is 1. The largest absolute Gasteiger partial charge is 0.472 e. The van der Waals surface area contributed by atoms with Gasteiger partial charge in [0.2, 0.25) is 0 Å². The van der Waals surface area contributed by atoms with Crippen molar-refractivity contribution in [1.29, 1.82) is 0 Å². The van der Waals surface area contributed by atoms with Gasteiger partial charge in [-0.3, -0.25) is 13.8 Å². The molecule has 3 unspecified atom stereocenters. The molecule has 10 heteroatoms. The molecule has 3 atom stereocenters. The normalized spacial score (nSPS) is 14.6. The summed E-state index contributed by atoms with van der Waals surface area (Å²) in [7, 11) is -4.52. The Kier molecular flexibility index (Phi) is 40.4. The Morgan fingerprint density at radius 2 is 1.04 bits per heavy atom. The SMILES string of the molecule is CC/C=C\C/C=C\C/C=C\C/C=C\CCCCCCCCCCCCC(=O)OC(COCCCCCCCC/C=C\CCC)COP(=O)(O)OCC(O)CO. The first-order valence-corrected chi connectivity index (χ1v) is 23.3. The number of carbonyl (C=O) groups excluding carboxylic acids is 1.